The van der Waals surface area contributed by atoms with E-state index in [2.05, 4.69) is 50.7 Å². The number of nitriles is 1. The Labute approximate surface area is 149 Å². The SMILES string of the molecule is Cc1ccc(C#N)c(N2CCC(c3nccn3CCN(C)C)CC2)n1. The summed E-state index contributed by atoms with van der Waals surface area (Å²) >= 11 is 0. The molecule has 0 saturated carbocycles. The molecular weight excluding hydrogens is 312 g/mol. The van der Waals surface area contributed by atoms with E-state index in [9.17, 15) is 5.26 Å². The zero-order chi connectivity index (χ0) is 17.8. The summed E-state index contributed by atoms with van der Waals surface area (Å²) < 4.78 is 2.28. The molecule has 0 bridgehead atoms. The topological polar surface area (TPSA) is 61.0 Å². The Morgan fingerprint density at radius 1 is 1.28 bits per heavy atom. The summed E-state index contributed by atoms with van der Waals surface area (Å²) in [5.74, 6) is 2.50. The molecule has 2 aromatic heterocycles. The van der Waals surface area contributed by atoms with Gasteiger partial charge < -0.3 is 14.4 Å². The third kappa shape index (κ3) is 3.99. The van der Waals surface area contributed by atoms with Crippen LogP contribution in [0.5, 0.6) is 0 Å². The second-order valence-electron chi connectivity index (χ2n) is 6.98. The van der Waals surface area contributed by atoms with Crippen LogP contribution in [0.3, 0.4) is 0 Å². The molecule has 0 atom stereocenters. The lowest BCUT2D eigenvalue weighted by molar-refractivity contribution is 0.372. The predicted molar refractivity (Wildman–Crippen MR) is 98.7 cm³/mol. The van der Waals surface area contributed by atoms with Crippen molar-refractivity contribution in [3.8, 4) is 6.07 Å². The van der Waals surface area contributed by atoms with E-state index in [1.807, 2.05) is 25.3 Å². The smallest absolute Gasteiger partial charge is 0.146 e. The standard InChI is InChI=1S/C19H26N6/c1-15-4-5-17(14-20)19(22-15)24-9-6-16(7-10-24)18-21-8-11-25(18)13-12-23(2)3/h4-5,8,11,16H,6-7,9-10,12-13H2,1-3H3. The van der Waals surface area contributed by atoms with Gasteiger partial charge in [0.15, 0.2) is 0 Å². The molecule has 132 valence electrons. The maximum atomic E-state index is 9.35. The van der Waals surface area contributed by atoms with Crippen LogP contribution in [0.1, 0.15) is 35.8 Å². The Bertz CT molecular complexity index is 750. The van der Waals surface area contributed by atoms with E-state index in [4.69, 9.17) is 0 Å². The van der Waals surface area contributed by atoms with Crippen LogP contribution in [0.15, 0.2) is 24.5 Å². The Balaban J connectivity index is 1.68. The Hall–Kier alpha value is -2.39. The fraction of sp³-hybridized carbons (Fsp3) is 0.526. The number of likely N-dealkylation sites (N-methyl/N-ethyl adjacent to an activating group) is 1. The molecule has 2 aromatic rings. The number of aryl methyl sites for hydroxylation is 1. The molecule has 0 spiro atoms. The number of nitrogens with zero attached hydrogens (tertiary/aromatic N) is 6. The van der Waals surface area contributed by atoms with E-state index in [0.29, 0.717) is 11.5 Å². The highest BCUT2D eigenvalue weighted by atomic mass is 15.2. The van der Waals surface area contributed by atoms with E-state index in [1.165, 1.54) is 5.82 Å². The molecular formula is C19H26N6. The molecule has 1 saturated heterocycles. The Morgan fingerprint density at radius 2 is 2.04 bits per heavy atom. The van der Waals surface area contributed by atoms with Crippen molar-refractivity contribution in [2.24, 2.45) is 0 Å². The fourth-order valence-corrected chi connectivity index (χ4v) is 3.40. The molecule has 6 nitrogen and oxygen atoms in total. The molecule has 0 aromatic carbocycles. The molecule has 25 heavy (non-hydrogen) atoms. The van der Waals surface area contributed by atoms with Gasteiger partial charge in [-0.25, -0.2) is 9.97 Å². The van der Waals surface area contributed by atoms with Gasteiger partial charge in [-0.05, 0) is 46.0 Å². The summed E-state index contributed by atoms with van der Waals surface area (Å²) in [5.41, 5.74) is 1.62. The highest BCUT2D eigenvalue weighted by Gasteiger charge is 2.25. The second kappa shape index (κ2) is 7.66. The van der Waals surface area contributed by atoms with Crippen molar-refractivity contribution in [2.45, 2.75) is 32.2 Å². The summed E-state index contributed by atoms with van der Waals surface area (Å²) in [5, 5.41) is 9.35. The Kier molecular flexibility index (Phi) is 5.34. The number of anilines is 1. The summed E-state index contributed by atoms with van der Waals surface area (Å²) in [6.07, 6.45) is 6.08. The normalized spacial score (nSPS) is 15.6. The van der Waals surface area contributed by atoms with Crippen LogP contribution in [-0.4, -0.2) is 53.2 Å². The van der Waals surface area contributed by atoms with Gasteiger partial charge in [0.1, 0.15) is 17.7 Å². The van der Waals surface area contributed by atoms with Crippen LogP contribution in [0.2, 0.25) is 0 Å². The molecule has 1 aliphatic heterocycles. The van der Waals surface area contributed by atoms with Gasteiger partial charge in [-0.1, -0.05) is 0 Å². The maximum Gasteiger partial charge on any atom is 0.146 e. The number of pyridine rings is 1. The minimum absolute atomic E-state index is 0.476. The highest BCUT2D eigenvalue weighted by Crippen LogP contribution is 2.30. The first-order valence-corrected chi connectivity index (χ1v) is 8.87. The monoisotopic (exact) mass is 338 g/mol. The average molecular weight is 338 g/mol. The number of rotatable bonds is 5. The quantitative estimate of drug-likeness (QED) is 0.838. The summed E-state index contributed by atoms with van der Waals surface area (Å²) in [6.45, 7) is 5.78. The van der Waals surface area contributed by atoms with Crippen LogP contribution >= 0.6 is 0 Å². The van der Waals surface area contributed by atoms with Gasteiger partial charge in [-0.15, -0.1) is 0 Å². The fourth-order valence-electron chi connectivity index (χ4n) is 3.40. The molecule has 0 unspecified atom stereocenters. The zero-order valence-electron chi connectivity index (χ0n) is 15.3. The first-order chi connectivity index (χ1) is 12.1. The second-order valence-corrected chi connectivity index (χ2v) is 6.98. The van der Waals surface area contributed by atoms with Crippen molar-refractivity contribution >= 4 is 5.82 Å². The number of aromatic nitrogens is 3. The summed E-state index contributed by atoms with van der Waals surface area (Å²) in [7, 11) is 4.19. The van der Waals surface area contributed by atoms with Gasteiger partial charge in [0.05, 0.1) is 5.56 Å². The van der Waals surface area contributed by atoms with Gasteiger partial charge in [-0.2, -0.15) is 5.26 Å². The molecule has 0 aliphatic carbocycles. The molecule has 6 heteroatoms. The van der Waals surface area contributed by atoms with Crippen molar-refractivity contribution in [1.29, 1.82) is 5.26 Å². The lowest BCUT2D eigenvalue weighted by Crippen LogP contribution is -2.35. The minimum Gasteiger partial charge on any atom is -0.355 e. The third-order valence-corrected chi connectivity index (χ3v) is 4.83. The van der Waals surface area contributed by atoms with Gasteiger partial charge >= 0.3 is 0 Å². The molecule has 0 radical (unpaired) electrons. The van der Waals surface area contributed by atoms with E-state index in [0.717, 1.165) is 50.5 Å². The lowest BCUT2D eigenvalue weighted by atomic mass is 9.95. The highest BCUT2D eigenvalue weighted by molar-refractivity contribution is 5.54. The molecule has 1 fully saturated rings. The number of hydrogen-bond acceptors (Lipinski definition) is 5. The summed E-state index contributed by atoms with van der Waals surface area (Å²) in [4.78, 5) is 13.7. The molecule has 1 aliphatic rings. The number of piperidine rings is 1. The van der Waals surface area contributed by atoms with E-state index in [-0.39, 0.29) is 0 Å². The largest absolute Gasteiger partial charge is 0.355 e. The Morgan fingerprint density at radius 3 is 2.72 bits per heavy atom. The third-order valence-electron chi connectivity index (χ3n) is 4.83. The van der Waals surface area contributed by atoms with E-state index in [1.54, 1.807) is 0 Å². The van der Waals surface area contributed by atoms with Gasteiger partial charge in [0, 0.05) is 50.2 Å². The maximum absolute atomic E-state index is 9.35. The van der Waals surface area contributed by atoms with Gasteiger partial charge in [0.2, 0.25) is 0 Å². The van der Waals surface area contributed by atoms with Crippen LogP contribution in [0.25, 0.3) is 0 Å². The molecule has 0 amide bonds. The first kappa shape index (κ1) is 17.4. The van der Waals surface area contributed by atoms with Crippen LogP contribution in [0.4, 0.5) is 5.82 Å². The van der Waals surface area contributed by atoms with Crippen LogP contribution < -0.4 is 4.90 Å². The number of hydrogen-bond donors (Lipinski definition) is 0. The van der Waals surface area contributed by atoms with E-state index < -0.39 is 0 Å². The van der Waals surface area contributed by atoms with Crippen molar-refractivity contribution in [2.75, 3.05) is 38.6 Å². The zero-order valence-corrected chi connectivity index (χ0v) is 15.3. The predicted octanol–water partition coefficient (Wildman–Crippen LogP) is 2.40. The van der Waals surface area contributed by atoms with Crippen molar-refractivity contribution < 1.29 is 0 Å². The average Bonchev–Trinajstić information content (AvgIpc) is 3.08. The molecule has 3 heterocycles. The van der Waals surface area contributed by atoms with Crippen LogP contribution in [0, 0.1) is 18.3 Å². The van der Waals surface area contributed by atoms with Crippen molar-refractivity contribution in [1.82, 2.24) is 19.4 Å². The van der Waals surface area contributed by atoms with E-state index >= 15 is 0 Å². The first-order valence-electron chi connectivity index (χ1n) is 8.87. The van der Waals surface area contributed by atoms with Crippen molar-refractivity contribution in [3.05, 3.63) is 41.6 Å². The lowest BCUT2D eigenvalue weighted by Gasteiger charge is -2.33. The van der Waals surface area contributed by atoms with Gasteiger partial charge in [0.25, 0.3) is 0 Å². The van der Waals surface area contributed by atoms with Crippen molar-refractivity contribution in [3.63, 3.8) is 0 Å². The molecule has 3 rings (SSSR count). The molecule has 0 N–H and O–H groups in total. The van der Waals surface area contributed by atoms with Crippen LogP contribution in [-0.2, 0) is 6.54 Å². The van der Waals surface area contributed by atoms with Gasteiger partial charge in [-0.3, -0.25) is 0 Å². The number of imidazole rings is 1. The minimum atomic E-state index is 0.476. The summed E-state index contributed by atoms with van der Waals surface area (Å²) in [6, 6.07) is 6.04.